The Kier molecular flexibility index (Phi) is 25.4. The van der Waals surface area contributed by atoms with Gasteiger partial charge in [0.15, 0.2) is 0 Å². The molecule has 20 fully saturated rings. The normalized spacial score (nSPS) is 53.9. The molecule has 4 spiro atoms. The number of ether oxygens (including phenoxy) is 4. The van der Waals surface area contributed by atoms with Gasteiger partial charge in [0.25, 0.3) is 0 Å². The van der Waals surface area contributed by atoms with E-state index in [1.807, 2.05) is 22.3 Å². The second kappa shape index (κ2) is 35.2. The molecule has 24 rings (SSSR count). The highest BCUT2D eigenvalue weighted by molar-refractivity contribution is 5.73. The number of hydrogen-bond donors (Lipinski definition) is 6. The van der Waals surface area contributed by atoms with E-state index in [1.165, 1.54) is 263 Å². The first-order valence-corrected chi connectivity index (χ1v) is 56.6. The molecule has 0 radical (unpaired) electrons. The Bertz CT molecular complexity index is 4230. The van der Waals surface area contributed by atoms with Gasteiger partial charge in [-0.05, 0) is 450 Å². The van der Waals surface area contributed by atoms with Crippen LogP contribution in [-0.4, -0.2) is 121 Å². The topological polar surface area (TPSA) is 143 Å². The van der Waals surface area contributed by atoms with Crippen LogP contribution in [0.25, 0.3) is 0 Å². The third-order valence-electron chi connectivity index (χ3n) is 47.6. The van der Waals surface area contributed by atoms with Crippen molar-refractivity contribution in [1.29, 1.82) is 0 Å². The van der Waals surface area contributed by atoms with Crippen LogP contribution in [0.5, 0.6) is 0 Å². The Hall–Kier alpha value is -2.68. The van der Waals surface area contributed by atoms with E-state index in [2.05, 4.69) is 156 Å². The number of piperidine rings is 4. The quantitative estimate of drug-likeness (QED) is 0.148. The second-order valence-electron chi connectivity index (χ2n) is 54.3. The van der Waals surface area contributed by atoms with Gasteiger partial charge in [0, 0.05) is 73.8 Å². The molecule has 8 saturated heterocycles. The van der Waals surface area contributed by atoms with Crippen molar-refractivity contribution in [1.82, 2.24) is 31.9 Å². The van der Waals surface area contributed by atoms with E-state index >= 15 is 0 Å². The predicted molar refractivity (Wildman–Crippen MR) is 528 cm³/mol. The molecular weight excluding hydrogens is 1600 g/mol. The van der Waals surface area contributed by atoms with Gasteiger partial charge in [-0.25, -0.2) is 0 Å². The monoisotopic (exact) mass is 1790 g/mol. The lowest BCUT2D eigenvalue weighted by Crippen LogP contribution is -2.50. The molecule has 0 bridgehead atoms. The van der Waals surface area contributed by atoms with Crippen LogP contribution in [0.2, 0.25) is 0 Å². The number of carbonyl (C=O) groups is 2. The van der Waals surface area contributed by atoms with E-state index in [1.54, 1.807) is 36.1 Å². The van der Waals surface area contributed by atoms with Crippen LogP contribution < -0.4 is 31.9 Å². The molecule has 0 aromatic carbocycles. The summed E-state index contributed by atoms with van der Waals surface area (Å²) in [4.78, 5) is 23.3. The highest BCUT2D eigenvalue weighted by atomic mass is 16.5. The molecule has 130 heavy (non-hydrogen) atoms. The number of allylic oxidation sites excluding steroid dienone is 5. The van der Waals surface area contributed by atoms with Crippen LogP contribution in [-0.2, 0) is 28.5 Å². The molecule has 6 N–H and O–H groups in total. The molecule has 43 atom stereocenters. The lowest BCUT2D eigenvalue weighted by Gasteiger charge is -2.54. The van der Waals surface area contributed by atoms with Gasteiger partial charge >= 0.3 is 0 Å². The number of amides is 2. The maximum atomic E-state index is 11.7. The molecule has 16 aliphatic carbocycles. The molecule has 0 aromatic heterocycles. The fraction of sp³-hybridized carbons (Fsp3) is 0.898. The van der Waals surface area contributed by atoms with Crippen LogP contribution in [0.1, 0.15) is 388 Å². The van der Waals surface area contributed by atoms with E-state index in [-0.39, 0.29) is 34.2 Å². The molecule has 0 unspecified atom stereocenters. The third kappa shape index (κ3) is 15.9. The lowest BCUT2D eigenvalue weighted by atomic mass is 9.51. The van der Waals surface area contributed by atoms with Crippen molar-refractivity contribution in [3.8, 4) is 0 Å². The standard InChI is InChI=1S/2C30H48N2O2.C29H47NO.C29H45NO/c2*1-17-12-27-28(31-16-17)19(3)30(34-27)11-9-23-24-7-6-21-13-22(32-20(4)33)8-10-29(21,5)26(24)14-25(23)18(2)15-30;2*1-17-8-10-28(5)21(12-17)6-7-23-22-9-11-29(15-19(3)24(22)14-25(23)28)20(4)27-26(31-29)13-18(2)16-30-27/h2*17,19,21-24,26-28,31H,6-16H2,1-5H3,(H,32,33);17-18,20-23,25-27,30H,6-16H2,1-5H3;18,20-23,25-27,30H,1,6-16H2,2-5H3/t17-,19+,21+,22+,23-,24-,26-,27+,28-,29-,30-;17-,19+,21+,22-,23-,24-,26-,27+,28-,29-,30-;17-,18+,20-,21-,22+,23+,25+,26-,27+,28+,29+;18-,20+,21+,22-,23-,25-,26+,27-,28-,29-/m0010/s1. The summed E-state index contributed by atoms with van der Waals surface area (Å²) >= 11 is 0. The van der Waals surface area contributed by atoms with Gasteiger partial charge in [0.1, 0.15) is 0 Å². The van der Waals surface area contributed by atoms with E-state index in [4.69, 9.17) is 18.9 Å². The molecule has 2 amide bonds. The molecule has 12 heteroatoms. The van der Waals surface area contributed by atoms with Gasteiger partial charge in [0.2, 0.25) is 11.8 Å². The average Bonchev–Trinajstić information content (AvgIpc) is 1.63. The molecule has 12 saturated carbocycles. The Balaban J connectivity index is 0.000000105. The van der Waals surface area contributed by atoms with Crippen molar-refractivity contribution >= 4 is 11.8 Å². The minimum Gasteiger partial charge on any atom is -0.369 e. The van der Waals surface area contributed by atoms with Crippen molar-refractivity contribution < 1.29 is 28.5 Å². The SMILES string of the molecule is C=C1CC[C@@]2(C)[C@H](CC[C@H]3[C@@H]4CC[C@@]5(CC(C)=C4C[C@@H]32)O[C@@H]2C[C@H](C)CN[C@H]2[C@H]5C)C1.CC(=O)N[C@@H]1CC[C@@]2(C)[C@H](CC[C@H]3[C@@H]4CC[C@@]5(CC(C)=C4C[C@@H]32)O[C@@H]2C[C@H](C)CN[C@H]2[C@H]5C)C1.CC(=O)N[C@H]1CC[C@@]2(C)[C@H](CC[C@H]3[C@@H]4CC[C@@]5(CC(C)=C4C[C@@H]32)O[C@@H]2C[C@H](C)CN[C@H]2[C@H]5C)C1.CC1=C2C[C@H]3[C@@H](CC[C@@H]4C[C@H](C)CC[C@@]43C)[C@@H]2CC[C@@]2(C1)O[C@@H]1C[C@H](C)CN[C@H]1[C@H]2C. The summed E-state index contributed by atoms with van der Waals surface area (Å²) in [6.45, 7) is 54.9. The highest BCUT2D eigenvalue weighted by Gasteiger charge is 2.67. The number of nitrogens with one attached hydrogen (secondary N) is 6. The van der Waals surface area contributed by atoms with Crippen LogP contribution in [0.15, 0.2) is 56.7 Å². The zero-order chi connectivity index (χ0) is 90.7. The van der Waals surface area contributed by atoms with E-state index in [9.17, 15) is 9.59 Å². The summed E-state index contributed by atoms with van der Waals surface area (Å²) < 4.78 is 28.2. The lowest BCUT2D eigenvalue weighted by molar-refractivity contribution is -0.121. The molecular formula is C118H188N6O6. The summed E-state index contributed by atoms with van der Waals surface area (Å²) in [7, 11) is 0. The molecule has 0 aromatic rings. The van der Waals surface area contributed by atoms with Crippen LogP contribution in [0, 0.1) is 170 Å². The highest BCUT2D eigenvalue weighted by Crippen LogP contribution is 2.72. The average molecular weight is 1790 g/mol. The largest absolute Gasteiger partial charge is 0.369 e. The van der Waals surface area contributed by atoms with Gasteiger partial charge in [-0.15, -0.1) is 0 Å². The second-order valence-corrected chi connectivity index (χ2v) is 54.3. The summed E-state index contributed by atoms with van der Waals surface area (Å²) in [5.74, 6) is 20.7. The molecule has 8 heterocycles. The fourth-order valence-corrected chi connectivity index (χ4v) is 40.2. The Morgan fingerprint density at radius 2 is 0.600 bits per heavy atom. The summed E-state index contributed by atoms with van der Waals surface area (Å²) in [5.41, 5.74) is 18.2. The van der Waals surface area contributed by atoms with Gasteiger partial charge in [0.05, 0.1) is 46.8 Å². The summed E-state index contributed by atoms with van der Waals surface area (Å²) in [6, 6.07) is 3.06. The summed E-state index contributed by atoms with van der Waals surface area (Å²) in [6.07, 6.45) is 54.6. The van der Waals surface area contributed by atoms with E-state index < -0.39 is 0 Å². The zero-order valence-corrected chi connectivity index (χ0v) is 86.0. The van der Waals surface area contributed by atoms with Crippen molar-refractivity contribution in [3.05, 3.63) is 56.7 Å². The Morgan fingerprint density at radius 1 is 0.323 bits per heavy atom. The third-order valence-corrected chi connectivity index (χ3v) is 47.6. The van der Waals surface area contributed by atoms with Gasteiger partial charge in [-0.2, -0.15) is 0 Å². The molecule has 726 valence electrons. The number of carbonyl (C=O) groups excluding carboxylic acids is 2. The Morgan fingerprint density at radius 3 is 0.900 bits per heavy atom. The first kappa shape index (κ1) is 93.6. The van der Waals surface area contributed by atoms with E-state index in [0.29, 0.717) is 106 Å². The fourth-order valence-electron chi connectivity index (χ4n) is 40.2. The van der Waals surface area contributed by atoms with E-state index in [0.717, 1.165) is 150 Å². The Labute approximate surface area is 791 Å². The van der Waals surface area contributed by atoms with Crippen LogP contribution >= 0.6 is 0 Å². The zero-order valence-electron chi connectivity index (χ0n) is 86.0. The minimum absolute atomic E-state index is 0.0564. The number of hydrogen-bond acceptors (Lipinski definition) is 10. The van der Waals surface area contributed by atoms with Crippen LogP contribution in [0.4, 0.5) is 0 Å². The predicted octanol–water partition coefficient (Wildman–Crippen LogP) is 24.6. The molecule has 24 aliphatic rings. The summed E-state index contributed by atoms with van der Waals surface area (Å²) in [5, 5.41) is 22.0. The van der Waals surface area contributed by atoms with Crippen molar-refractivity contribution in [2.24, 2.45) is 170 Å². The van der Waals surface area contributed by atoms with Gasteiger partial charge < -0.3 is 50.8 Å². The maximum Gasteiger partial charge on any atom is 0.217 e. The smallest absolute Gasteiger partial charge is 0.217 e. The van der Waals surface area contributed by atoms with Crippen molar-refractivity contribution in [2.45, 2.75) is 471 Å². The van der Waals surface area contributed by atoms with Crippen LogP contribution in [0.3, 0.4) is 0 Å². The van der Waals surface area contributed by atoms with Crippen molar-refractivity contribution in [3.63, 3.8) is 0 Å². The molecule has 12 nitrogen and oxygen atoms in total. The van der Waals surface area contributed by atoms with Gasteiger partial charge in [-0.1, -0.05) is 153 Å². The van der Waals surface area contributed by atoms with Gasteiger partial charge in [-0.3, -0.25) is 9.59 Å². The number of fused-ring (bicyclic) bond motifs is 24. The maximum absolute atomic E-state index is 11.7. The minimum atomic E-state index is 0.0564. The first-order valence-electron chi connectivity index (χ1n) is 56.6. The number of rotatable bonds is 2. The van der Waals surface area contributed by atoms with Crippen molar-refractivity contribution in [2.75, 3.05) is 26.2 Å². The molecule has 8 aliphatic heterocycles. The first-order chi connectivity index (χ1) is 62.0.